The van der Waals surface area contributed by atoms with Crippen molar-refractivity contribution in [2.45, 2.75) is 0 Å². The van der Waals surface area contributed by atoms with Crippen molar-refractivity contribution >= 4 is 27.6 Å². The number of halogens is 1. The first kappa shape index (κ1) is 16.2. The number of benzene rings is 2. The molecular weight excluding hydrogens is 348 g/mol. The quantitative estimate of drug-likeness (QED) is 0.769. The Kier molecular flexibility index (Phi) is 6.09. The van der Waals surface area contributed by atoms with Crippen LogP contribution in [0.5, 0.6) is 11.5 Å². The zero-order chi connectivity index (χ0) is 15.8. The van der Waals surface area contributed by atoms with E-state index >= 15 is 0 Å². The van der Waals surface area contributed by atoms with Crippen LogP contribution < -0.4 is 20.1 Å². The number of nitrogens with one attached hydrogen (secondary N) is 2. The zero-order valence-corrected chi connectivity index (χ0v) is 13.7. The molecule has 0 atom stereocenters. The maximum Gasteiger partial charge on any atom is 0.319 e. The van der Waals surface area contributed by atoms with Crippen LogP contribution in [-0.4, -0.2) is 26.3 Å². The molecule has 2 amide bonds. The second-order valence-corrected chi connectivity index (χ2v) is 5.33. The number of ether oxygens (including phenoxy) is 2. The Morgan fingerprint density at radius 2 is 1.68 bits per heavy atom. The molecule has 0 spiro atoms. The number of rotatable bonds is 6. The second kappa shape index (κ2) is 8.29. The van der Waals surface area contributed by atoms with Gasteiger partial charge in [0, 0.05) is 10.2 Å². The van der Waals surface area contributed by atoms with Gasteiger partial charge in [0.1, 0.15) is 18.1 Å². The number of hydrogen-bond donors (Lipinski definition) is 2. The molecule has 0 fully saturated rings. The van der Waals surface area contributed by atoms with Gasteiger partial charge in [0.25, 0.3) is 0 Å². The standard InChI is InChI=1S/C16H17BrN2O3/c1-21-14-8-4-13(5-9-14)19-16(20)18-10-11-22-15-6-2-12(17)3-7-15/h2-9H,10-11H2,1H3,(H2,18,19,20). The molecule has 0 radical (unpaired) electrons. The van der Waals surface area contributed by atoms with Crippen LogP contribution in [0.25, 0.3) is 0 Å². The molecule has 6 heteroatoms. The average Bonchev–Trinajstić information content (AvgIpc) is 2.54. The summed E-state index contributed by atoms with van der Waals surface area (Å²) in [5.74, 6) is 1.51. The number of anilines is 1. The van der Waals surface area contributed by atoms with Crippen LogP contribution >= 0.6 is 15.9 Å². The minimum Gasteiger partial charge on any atom is -0.497 e. The van der Waals surface area contributed by atoms with Gasteiger partial charge in [-0.2, -0.15) is 0 Å². The highest BCUT2D eigenvalue weighted by atomic mass is 79.9. The van der Waals surface area contributed by atoms with E-state index in [2.05, 4.69) is 26.6 Å². The summed E-state index contributed by atoms with van der Waals surface area (Å²) in [5, 5.41) is 5.46. The Bertz CT molecular complexity index is 600. The van der Waals surface area contributed by atoms with Crippen LogP contribution in [0.1, 0.15) is 0 Å². The summed E-state index contributed by atoms with van der Waals surface area (Å²) in [6.07, 6.45) is 0. The molecule has 0 unspecified atom stereocenters. The molecule has 0 saturated carbocycles. The Morgan fingerprint density at radius 3 is 2.32 bits per heavy atom. The number of hydrogen-bond acceptors (Lipinski definition) is 3. The molecule has 2 aromatic carbocycles. The van der Waals surface area contributed by atoms with Crippen LogP contribution in [0.2, 0.25) is 0 Å². The van der Waals surface area contributed by atoms with Crippen LogP contribution in [0, 0.1) is 0 Å². The van der Waals surface area contributed by atoms with Crippen molar-refractivity contribution in [1.82, 2.24) is 5.32 Å². The lowest BCUT2D eigenvalue weighted by atomic mass is 10.3. The number of carbonyl (C=O) groups excluding carboxylic acids is 1. The fourth-order valence-corrected chi connectivity index (χ4v) is 1.98. The molecule has 2 N–H and O–H groups in total. The molecule has 0 aliphatic heterocycles. The van der Waals surface area contributed by atoms with Gasteiger partial charge in [0.05, 0.1) is 13.7 Å². The topological polar surface area (TPSA) is 59.6 Å². The third-order valence-corrected chi connectivity index (χ3v) is 3.35. The van der Waals surface area contributed by atoms with E-state index in [0.29, 0.717) is 18.8 Å². The van der Waals surface area contributed by atoms with Gasteiger partial charge in [0.15, 0.2) is 0 Å². The minimum absolute atomic E-state index is 0.274. The van der Waals surface area contributed by atoms with E-state index in [0.717, 1.165) is 16.0 Å². The molecule has 0 aliphatic carbocycles. The van der Waals surface area contributed by atoms with Crippen LogP contribution in [0.15, 0.2) is 53.0 Å². The number of amides is 2. The first-order valence-electron chi connectivity index (χ1n) is 6.74. The summed E-state index contributed by atoms with van der Waals surface area (Å²) in [4.78, 5) is 11.7. The van der Waals surface area contributed by atoms with Crippen LogP contribution in [0.4, 0.5) is 10.5 Å². The molecule has 22 heavy (non-hydrogen) atoms. The van der Waals surface area contributed by atoms with E-state index in [-0.39, 0.29) is 6.03 Å². The van der Waals surface area contributed by atoms with Crippen molar-refractivity contribution in [2.75, 3.05) is 25.6 Å². The summed E-state index contributed by atoms with van der Waals surface area (Å²) in [6.45, 7) is 0.815. The van der Waals surface area contributed by atoms with Crippen molar-refractivity contribution in [3.05, 3.63) is 53.0 Å². The smallest absolute Gasteiger partial charge is 0.319 e. The third kappa shape index (κ3) is 5.29. The molecule has 0 aromatic heterocycles. The Labute approximate surface area is 137 Å². The van der Waals surface area contributed by atoms with Crippen molar-refractivity contribution in [2.24, 2.45) is 0 Å². The predicted octanol–water partition coefficient (Wildman–Crippen LogP) is 3.66. The van der Waals surface area contributed by atoms with E-state index < -0.39 is 0 Å². The Morgan fingerprint density at radius 1 is 1.05 bits per heavy atom. The summed E-state index contributed by atoms with van der Waals surface area (Å²) in [6, 6.07) is 14.4. The van der Waals surface area contributed by atoms with Gasteiger partial charge < -0.3 is 20.1 Å². The highest BCUT2D eigenvalue weighted by Crippen LogP contribution is 2.16. The number of methoxy groups -OCH3 is 1. The summed E-state index contributed by atoms with van der Waals surface area (Å²) in [7, 11) is 1.60. The van der Waals surface area contributed by atoms with E-state index in [1.165, 1.54) is 0 Å². The molecule has 0 saturated heterocycles. The predicted molar refractivity (Wildman–Crippen MR) is 89.7 cm³/mol. The fourth-order valence-electron chi connectivity index (χ4n) is 1.71. The van der Waals surface area contributed by atoms with Gasteiger partial charge >= 0.3 is 6.03 Å². The fraction of sp³-hybridized carbons (Fsp3) is 0.188. The molecule has 0 bridgehead atoms. The normalized spacial score (nSPS) is 9.91. The lowest BCUT2D eigenvalue weighted by molar-refractivity contribution is 0.247. The Hall–Kier alpha value is -2.21. The second-order valence-electron chi connectivity index (χ2n) is 4.41. The van der Waals surface area contributed by atoms with Gasteiger partial charge in [0.2, 0.25) is 0 Å². The summed E-state index contributed by atoms with van der Waals surface area (Å²) >= 11 is 3.36. The van der Waals surface area contributed by atoms with Crippen LogP contribution in [0.3, 0.4) is 0 Å². The van der Waals surface area contributed by atoms with E-state index in [4.69, 9.17) is 9.47 Å². The van der Waals surface area contributed by atoms with Gasteiger partial charge in [-0.15, -0.1) is 0 Å². The first-order chi connectivity index (χ1) is 10.7. The Balaban J connectivity index is 1.67. The lowest BCUT2D eigenvalue weighted by Crippen LogP contribution is -2.32. The van der Waals surface area contributed by atoms with Gasteiger partial charge in [-0.25, -0.2) is 4.79 Å². The van der Waals surface area contributed by atoms with Gasteiger partial charge in [-0.05, 0) is 48.5 Å². The first-order valence-corrected chi connectivity index (χ1v) is 7.54. The largest absolute Gasteiger partial charge is 0.497 e. The summed E-state index contributed by atoms with van der Waals surface area (Å²) < 4.78 is 11.6. The zero-order valence-electron chi connectivity index (χ0n) is 12.1. The molecule has 0 heterocycles. The SMILES string of the molecule is COc1ccc(NC(=O)NCCOc2ccc(Br)cc2)cc1. The molecular formula is C16H17BrN2O3. The minimum atomic E-state index is -0.274. The summed E-state index contributed by atoms with van der Waals surface area (Å²) in [5.41, 5.74) is 0.701. The number of carbonyl (C=O) groups is 1. The average molecular weight is 365 g/mol. The van der Waals surface area contributed by atoms with Crippen molar-refractivity contribution in [1.29, 1.82) is 0 Å². The van der Waals surface area contributed by atoms with E-state index in [1.807, 2.05) is 24.3 Å². The maximum atomic E-state index is 11.7. The number of urea groups is 1. The molecule has 2 rings (SSSR count). The van der Waals surface area contributed by atoms with Gasteiger partial charge in [-0.1, -0.05) is 15.9 Å². The third-order valence-electron chi connectivity index (χ3n) is 2.82. The highest BCUT2D eigenvalue weighted by Gasteiger charge is 2.01. The van der Waals surface area contributed by atoms with Gasteiger partial charge in [-0.3, -0.25) is 0 Å². The monoisotopic (exact) mass is 364 g/mol. The van der Waals surface area contributed by atoms with Crippen LogP contribution in [-0.2, 0) is 0 Å². The molecule has 0 aliphatic rings. The molecule has 5 nitrogen and oxygen atoms in total. The van der Waals surface area contributed by atoms with E-state index in [9.17, 15) is 4.79 Å². The van der Waals surface area contributed by atoms with Crippen molar-refractivity contribution in [3.8, 4) is 11.5 Å². The highest BCUT2D eigenvalue weighted by molar-refractivity contribution is 9.10. The lowest BCUT2D eigenvalue weighted by Gasteiger charge is -2.09. The maximum absolute atomic E-state index is 11.7. The van der Waals surface area contributed by atoms with Crippen molar-refractivity contribution < 1.29 is 14.3 Å². The molecule has 116 valence electrons. The molecule has 2 aromatic rings. The van der Waals surface area contributed by atoms with E-state index in [1.54, 1.807) is 31.4 Å². The van der Waals surface area contributed by atoms with Crippen molar-refractivity contribution in [3.63, 3.8) is 0 Å².